The Morgan fingerprint density at radius 3 is 2.03 bits per heavy atom. The minimum absolute atomic E-state index is 0.166. The number of rotatable bonds is 19. The first-order valence-electron chi connectivity index (χ1n) is 18.7. The molecule has 0 saturated carbocycles. The Hall–Kier alpha value is -4.35. The molecule has 59 heavy (non-hydrogen) atoms. The first-order valence-corrected chi connectivity index (χ1v) is 19.8. The van der Waals surface area contributed by atoms with Gasteiger partial charge in [0.1, 0.15) is 0 Å². The first-order chi connectivity index (χ1) is 28.4. The van der Waals surface area contributed by atoms with Crippen molar-refractivity contribution in [2.24, 2.45) is 5.11 Å². The molecule has 2 aromatic carbocycles. The molecule has 0 aliphatic carbocycles. The molecular formula is C37H46B2N3O15PS. The number of hydrogen-bond donors (Lipinski definition) is 1. The third kappa shape index (κ3) is 13.9. The normalized spacial score (nSPS) is 26.7. The summed E-state index contributed by atoms with van der Waals surface area (Å²) in [6.45, 7) is 6.19. The zero-order chi connectivity index (χ0) is 42.9. The molecule has 4 rings (SSSR count). The number of ether oxygens (including phenoxy) is 9. The number of carbonyl (C=O) groups excluding carboxylic acids is 5. The molecule has 2 fully saturated rings. The molecule has 22 heteroatoms. The Morgan fingerprint density at radius 1 is 0.831 bits per heavy atom. The van der Waals surface area contributed by atoms with Crippen LogP contribution in [0.15, 0.2) is 65.8 Å². The Bertz CT molecular complexity index is 1800. The van der Waals surface area contributed by atoms with Gasteiger partial charge in [0.15, 0.2) is 0 Å². The number of esters is 5. The van der Waals surface area contributed by atoms with Crippen LogP contribution in [0.3, 0.4) is 0 Å². The number of thiol groups is 1. The van der Waals surface area contributed by atoms with Crippen LogP contribution in [0.2, 0.25) is 0 Å². The van der Waals surface area contributed by atoms with Crippen molar-refractivity contribution in [1.29, 1.82) is 0 Å². The topological polar surface area (TPSA) is 226 Å². The quantitative estimate of drug-likeness (QED) is 0.0245. The van der Waals surface area contributed by atoms with Crippen molar-refractivity contribution in [2.75, 3.05) is 19.8 Å². The zero-order valence-electron chi connectivity index (χ0n) is 32.8. The zero-order valence-corrected chi connectivity index (χ0v) is 34.9. The molecule has 6 unspecified atom stereocenters. The Morgan fingerprint density at radius 2 is 1.46 bits per heavy atom. The van der Waals surface area contributed by atoms with Crippen LogP contribution in [0.1, 0.15) is 61.3 Å². The molecule has 12 atom stereocenters. The summed E-state index contributed by atoms with van der Waals surface area (Å²) in [6, 6.07) is 14.8. The maximum atomic E-state index is 13.8. The number of carbonyl (C=O) groups is 5. The number of azide groups is 1. The molecule has 2 aliphatic rings. The average molecular weight is 857 g/mol. The van der Waals surface area contributed by atoms with E-state index < -0.39 is 103 Å². The molecule has 2 aliphatic heterocycles. The summed E-state index contributed by atoms with van der Waals surface area (Å²) in [5.41, 5.74) is 8.84. The van der Waals surface area contributed by atoms with E-state index in [2.05, 4.69) is 19.1 Å². The van der Waals surface area contributed by atoms with Crippen LogP contribution in [0.5, 0.6) is 0 Å². The van der Waals surface area contributed by atoms with E-state index in [4.69, 9.17) is 59.9 Å². The van der Waals surface area contributed by atoms with E-state index in [-0.39, 0.29) is 18.8 Å². The van der Waals surface area contributed by atoms with Crippen LogP contribution in [-0.2, 0) is 61.7 Å². The van der Waals surface area contributed by atoms with Gasteiger partial charge in [-0.3, -0.25) is 0 Å². The molecule has 316 valence electrons. The number of unbranched alkanes of at least 4 members (excludes halogenated alkanes) is 1. The van der Waals surface area contributed by atoms with E-state index in [1.807, 2.05) is 6.92 Å². The molecule has 18 nitrogen and oxygen atoms in total. The first kappa shape index (κ1) is 47.3. The minimum atomic E-state index is -1.68. The predicted octanol–water partition coefficient (Wildman–Crippen LogP) is 3.54. The molecule has 0 radical (unpaired) electrons. The summed E-state index contributed by atoms with van der Waals surface area (Å²) in [5, 5.41) is 3.80. The van der Waals surface area contributed by atoms with E-state index in [1.165, 1.54) is 25.7 Å². The monoisotopic (exact) mass is 857 g/mol. The summed E-state index contributed by atoms with van der Waals surface area (Å²) in [5.74, 6) is -3.80. The second-order valence-corrected chi connectivity index (χ2v) is 14.1. The van der Waals surface area contributed by atoms with Crippen molar-refractivity contribution in [1.82, 2.24) is 0 Å². The summed E-state index contributed by atoms with van der Waals surface area (Å²) < 4.78 is 59.6. The van der Waals surface area contributed by atoms with Gasteiger partial charge in [-0.25, -0.2) is 0 Å². The van der Waals surface area contributed by atoms with Crippen LogP contribution in [0, 0.1) is 0 Å². The molecule has 0 amide bonds. The van der Waals surface area contributed by atoms with Gasteiger partial charge in [0.25, 0.3) is 0 Å². The van der Waals surface area contributed by atoms with Crippen LogP contribution in [0.4, 0.5) is 0 Å². The number of hydrogen-bond acceptors (Lipinski definition) is 17. The van der Waals surface area contributed by atoms with Gasteiger partial charge in [-0.2, -0.15) is 0 Å². The summed E-state index contributed by atoms with van der Waals surface area (Å²) in [6.07, 6.45) is -10.9. The van der Waals surface area contributed by atoms with Crippen LogP contribution in [0.25, 0.3) is 10.4 Å². The predicted molar refractivity (Wildman–Crippen MR) is 215 cm³/mol. The van der Waals surface area contributed by atoms with E-state index in [0.29, 0.717) is 12.0 Å². The second-order valence-electron chi connectivity index (χ2n) is 13.2. The van der Waals surface area contributed by atoms with Gasteiger partial charge in [0, 0.05) is 0 Å². The van der Waals surface area contributed by atoms with Crippen molar-refractivity contribution in [2.45, 2.75) is 107 Å². The van der Waals surface area contributed by atoms with Crippen molar-refractivity contribution < 1.29 is 71.3 Å². The Labute approximate surface area is 349 Å². The molecule has 0 bridgehead atoms. The van der Waals surface area contributed by atoms with Crippen LogP contribution < -0.4 is 0 Å². The van der Waals surface area contributed by atoms with Crippen molar-refractivity contribution in [3.05, 3.63) is 82.2 Å². The number of nitrogens with zero attached hydrogens (tertiary/aromatic N) is 3. The molecule has 2 saturated heterocycles. The van der Waals surface area contributed by atoms with Crippen molar-refractivity contribution in [3.63, 3.8) is 0 Å². The fourth-order valence-corrected chi connectivity index (χ4v) is 6.73. The van der Waals surface area contributed by atoms with Gasteiger partial charge >= 0.3 is 351 Å². The second kappa shape index (κ2) is 24.0. The molecule has 0 N–H and O–H groups in total. The van der Waals surface area contributed by atoms with Gasteiger partial charge in [-0.1, -0.05) is 0 Å². The van der Waals surface area contributed by atoms with Gasteiger partial charge < -0.3 is 0 Å². The SMILES string of the molecule is CCCCO[C@@H](COC(=O)c1ccccc1)C1O[C@@H](S)[C@H](O[C@H]2OC(COC(C)=O)[C@@H](OC(C)=O)C(OC(C)=O)C2N=[N+]=[N-])C(OC(=O)c2ccccc2)[C@@H]1OB=BP. The van der Waals surface area contributed by atoms with E-state index in [0.717, 1.165) is 27.2 Å². The Balaban J connectivity index is 1.79. The van der Waals surface area contributed by atoms with Crippen molar-refractivity contribution in [3.8, 4) is 0 Å². The molecule has 0 spiro atoms. The van der Waals surface area contributed by atoms with E-state index in [1.54, 1.807) is 48.5 Å². The molecule has 0 aromatic heterocycles. The average Bonchev–Trinajstić information content (AvgIpc) is 3.21. The van der Waals surface area contributed by atoms with Crippen LogP contribution in [-0.4, -0.2) is 130 Å². The van der Waals surface area contributed by atoms with Gasteiger partial charge in [0.05, 0.1) is 0 Å². The third-order valence-electron chi connectivity index (χ3n) is 8.85. The van der Waals surface area contributed by atoms with Crippen LogP contribution >= 0.6 is 21.7 Å². The van der Waals surface area contributed by atoms with Gasteiger partial charge in [-0.15, -0.1) is 0 Å². The fourth-order valence-electron chi connectivity index (χ4n) is 6.25. The molecule has 2 aromatic rings. The summed E-state index contributed by atoms with van der Waals surface area (Å²) >= 11 is 4.74. The summed E-state index contributed by atoms with van der Waals surface area (Å²) in [7, 11) is 3.66. The standard InChI is InChI=1S/C37H46B2N3O15PS/c1-5-6-17-48-25(18-50-34(46)23-13-9-7-10-14-23)28-32(57-38-39-58)31(54-35(47)24-15-11-8-12-16-24)33(37(59)56-28)55-36-27(41-42-40)30(52-22(4)45)29(51-21(3)44)26(53-36)19-49-20(2)43/h7-16,25-33,36-37,59H,5-6,17-19,58H2,1-4H3/t25-,26?,27?,28?,29+,30?,31?,32+,33+,36+,37-/m0/s1. The van der Waals surface area contributed by atoms with Crippen molar-refractivity contribution >= 4 is 65.1 Å². The molecular weight excluding hydrogens is 811 g/mol. The van der Waals surface area contributed by atoms with E-state index in [9.17, 15) is 29.5 Å². The maximum absolute atomic E-state index is 13.8. The number of benzene rings is 2. The Kier molecular flexibility index (Phi) is 19.3. The van der Waals surface area contributed by atoms with Gasteiger partial charge in [0.2, 0.25) is 0 Å². The third-order valence-corrected chi connectivity index (χ3v) is 9.42. The van der Waals surface area contributed by atoms with Gasteiger partial charge in [-0.05, 0) is 0 Å². The van der Waals surface area contributed by atoms with E-state index >= 15 is 0 Å². The summed E-state index contributed by atoms with van der Waals surface area (Å²) in [4.78, 5) is 66.4. The fraction of sp³-hybridized carbons (Fsp3) is 0.541. The molecule has 2 heterocycles.